The van der Waals surface area contributed by atoms with Crippen LogP contribution in [-0.4, -0.2) is 52.1 Å². The SMILES string of the molecule is Cc1cnc(N[C@@H](C)COC(=O)C(C)C)nc1-c1c[nH]c(C(=O)N[C@H](COC(=O)C(C)C)c2cccc(Cl)c2)c1. The summed E-state index contributed by atoms with van der Waals surface area (Å²) in [4.78, 5) is 49.0. The van der Waals surface area contributed by atoms with Crippen LogP contribution in [0.3, 0.4) is 0 Å². The van der Waals surface area contributed by atoms with Crippen molar-refractivity contribution in [2.45, 2.75) is 53.6 Å². The lowest BCUT2D eigenvalue weighted by Gasteiger charge is -2.20. The minimum Gasteiger partial charge on any atom is -0.463 e. The first-order chi connectivity index (χ1) is 18.9. The van der Waals surface area contributed by atoms with Crippen molar-refractivity contribution in [3.8, 4) is 11.3 Å². The molecule has 10 nitrogen and oxygen atoms in total. The normalized spacial score (nSPS) is 12.6. The van der Waals surface area contributed by atoms with Crippen LogP contribution in [0.5, 0.6) is 0 Å². The number of anilines is 1. The summed E-state index contributed by atoms with van der Waals surface area (Å²) in [7, 11) is 0. The number of aryl methyl sites for hydroxylation is 1. The van der Waals surface area contributed by atoms with Crippen molar-refractivity contribution in [1.82, 2.24) is 20.3 Å². The Labute approximate surface area is 239 Å². The van der Waals surface area contributed by atoms with E-state index in [1.54, 1.807) is 64.4 Å². The molecular weight excluding hydrogens is 534 g/mol. The number of aromatic nitrogens is 3. The summed E-state index contributed by atoms with van der Waals surface area (Å²) in [6.07, 6.45) is 3.37. The van der Waals surface area contributed by atoms with Crippen LogP contribution in [-0.2, 0) is 19.1 Å². The quantitative estimate of drug-likeness (QED) is 0.256. The van der Waals surface area contributed by atoms with Gasteiger partial charge in [0.1, 0.15) is 18.9 Å². The fraction of sp³-hybridized carbons (Fsp3) is 0.414. The number of H-pyrrole nitrogens is 1. The summed E-state index contributed by atoms with van der Waals surface area (Å²) in [5.41, 5.74) is 3.15. The van der Waals surface area contributed by atoms with E-state index < -0.39 is 6.04 Å². The Kier molecular flexibility index (Phi) is 10.7. The minimum absolute atomic E-state index is 0.0403. The third-order valence-corrected chi connectivity index (χ3v) is 6.15. The maximum Gasteiger partial charge on any atom is 0.308 e. The van der Waals surface area contributed by atoms with Crippen molar-refractivity contribution in [2.24, 2.45) is 11.8 Å². The molecule has 0 unspecified atom stereocenters. The van der Waals surface area contributed by atoms with Crippen LogP contribution in [0.2, 0.25) is 5.02 Å². The van der Waals surface area contributed by atoms with E-state index in [1.807, 2.05) is 19.9 Å². The molecule has 1 aromatic carbocycles. The summed E-state index contributed by atoms with van der Waals surface area (Å²) in [5.74, 6) is -1.15. The highest BCUT2D eigenvalue weighted by atomic mass is 35.5. The van der Waals surface area contributed by atoms with Crippen LogP contribution in [0.1, 0.15) is 62.3 Å². The molecule has 2 aromatic heterocycles. The number of hydrogen-bond donors (Lipinski definition) is 3. The molecule has 0 fully saturated rings. The molecule has 0 bridgehead atoms. The number of halogens is 1. The molecular formula is C29H36ClN5O5. The van der Waals surface area contributed by atoms with Gasteiger partial charge in [-0.05, 0) is 43.2 Å². The highest BCUT2D eigenvalue weighted by Crippen LogP contribution is 2.24. The fourth-order valence-electron chi connectivity index (χ4n) is 3.61. The monoisotopic (exact) mass is 569 g/mol. The average molecular weight is 570 g/mol. The van der Waals surface area contributed by atoms with Crippen molar-refractivity contribution < 1.29 is 23.9 Å². The topological polar surface area (TPSA) is 135 Å². The van der Waals surface area contributed by atoms with Gasteiger partial charge in [0, 0.05) is 23.0 Å². The van der Waals surface area contributed by atoms with Crippen molar-refractivity contribution in [3.05, 3.63) is 64.6 Å². The average Bonchev–Trinajstić information content (AvgIpc) is 3.40. The molecule has 0 spiro atoms. The molecule has 11 heteroatoms. The molecule has 0 aliphatic carbocycles. The molecule has 0 aliphatic rings. The number of carbonyl (C=O) groups is 3. The van der Waals surface area contributed by atoms with Gasteiger partial charge >= 0.3 is 11.9 Å². The van der Waals surface area contributed by atoms with Crippen molar-refractivity contribution in [2.75, 3.05) is 18.5 Å². The lowest BCUT2D eigenvalue weighted by Crippen LogP contribution is -2.33. The Bertz CT molecular complexity index is 1340. The predicted octanol–water partition coefficient (Wildman–Crippen LogP) is 5.10. The van der Waals surface area contributed by atoms with Crippen molar-refractivity contribution in [1.29, 1.82) is 0 Å². The molecule has 3 N–H and O–H groups in total. The van der Waals surface area contributed by atoms with Crippen LogP contribution >= 0.6 is 11.6 Å². The van der Waals surface area contributed by atoms with E-state index in [9.17, 15) is 14.4 Å². The van der Waals surface area contributed by atoms with E-state index in [-0.39, 0.29) is 48.9 Å². The summed E-state index contributed by atoms with van der Waals surface area (Å²) in [6, 6.07) is 7.91. The molecule has 2 atom stereocenters. The van der Waals surface area contributed by atoms with Crippen LogP contribution in [0.25, 0.3) is 11.3 Å². The van der Waals surface area contributed by atoms with Gasteiger partial charge in [0.2, 0.25) is 5.95 Å². The molecule has 2 heterocycles. The first-order valence-corrected chi connectivity index (χ1v) is 13.5. The van der Waals surface area contributed by atoms with Gasteiger partial charge in [-0.1, -0.05) is 51.4 Å². The predicted molar refractivity (Wildman–Crippen MR) is 153 cm³/mol. The van der Waals surface area contributed by atoms with Gasteiger partial charge in [-0.25, -0.2) is 9.97 Å². The molecule has 3 rings (SSSR count). The first kappa shape index (κ1) is 30.6. The van der Waals surface area contributed by atoms with Crippen LogP contribution in [0.15, 0.2) is 42.7 Å². The van der Waals surface area contributed by atoms with E-state index in [1.165, 1.54) is 0 Å². The van der Waals surface area contributed by atoms with Gasteiger partial charge in [0.15, 0.2) is 0 Å². The van der Waals surface area contributed by atoms with Crippen LogP contribution in [0.4, 0.5) is 5.95 Å². The number of hydrogen-bond acceptors (Lipinski definition) is 8. The number of ether oxygens (including phenoxy) is 2. The maximum atomic E-state index is 13.2. The zero-order valence-electron chi connectivity index (χ0n) is 23.6. The molecule has 0 radical (unpaired) electrons. The largest absolute Gasteiger partial charge is 0.463 e. The minimum atomic E-state index is -0.608. The molecule has 1 amide bonds. The van der Waals surface area contributed by atoms with Crippen molar-refractivity contribution >= 4 is 35.4 Å². The number of rotatable bonds is 12. The second-order valence-electron chi connectivity index (χ2n) is 10.2. The molecule has 214 valence electrons. The Morgan fingerprint density at radius 1 is 1.00 bits per heavy atom. The van der Waals surface area contributed by atoms with E-state index in [2.05, 4.69) is 25.6 Å². The maximum absolute atomic E-state index is 13.2. The second-order valence-corrected chi connectivity index (χ2v) is 10.7. The van der Waals surface area contributed by atoms with E-state index in [0.717, 1.165) is 5.56 Å². The Hall–Kier alpha value is -3.92. The number of amides is 1. The smallest absolute Gasteiger partial charge is 0.308 e. The van der Waals surface area contributed by atoms with Crippen molar-refractivity contribution in [3.63, 3.8) is 0 Å². The summed E-state index contributed by atoms with van der Waals surface area (Å²) in [5, 5.41) is 6.57. The van der Waals surface area contributed by atoms with Crippen LogP contribution in [0, 0.1) is 18.8 Å². The molecule has 3 aromatic rings. The third kappa shape index (κ3) is 8.54. The standard InChI is InChI=1S/C29H36ClN5O5/c1-16(2)27(37)39-14-19(6)33-29-32-12-18(5)25(35-29)21-11-23(31-13-21)26(36)34-24(15-40-28(38)17(3)4)20-8-7-9-22(30)10-20/h7-13,16-17,19,24,31H,14-15H2,1-6H3,(H,34,36)(H,32,33,35)/t19-,24+/m0/s1. The first-order valence-electron chi connectivity index (χ1n) is 13.1. The highest BCUT2D eigenvalue weighted by molar-refractivity contribution is 6.30. The summed E-state index contributed by atoms with van der Waals surface area (Å²) >= 11 is 6.16. The molecule has 0 aliphatic heterocycles. The Balaban J connectivity index is 1.74. The van der Waals surface area contributed by atoms with Gasteiger partial charge < -0.3 is 25.1 Å². The number of nitrogens with one attached hydrogen (secondary N) is 3. The number of nitrogens with zero attached hydrogens (tertiary/aromatic N) is 2. The zero-order chi connectivity index (χ0) is 29.4. The lowest BCUT2D eigenvalue weighted by molar-refractivity contribution is -0.148. The van der Waals surface area contributed by atoms with Crippen LogP contribution < -0.4 is 10.6 Å². The summed E-state index contributed by atoms with van der Waals surface area (Å²) < 4.78 is 10.7. The third-order valence-electron chi connectivity index (χ3n) is 5.92. The fourth-order valence-corrected chi connectivity index (χ4v) is 3.81. The zero-order valence-corrected chi connectivity index (χ0v) is 24.3. The lowest BCUT2D eigenvalue weighted by atomic mass is 10.1. The Morgan fingerprint density at radius 3 is 2.33 bits per heavy atom. The highest BCUT2D eigenvalue weighted by Gasteiger charge is 2.21. The number of carbonyl (C=O) groups excluding carboxylic acids is 3. The molecule has 0 saturated heterocycles. The van der Waals surface area contributed by atoms with Gasteiger partial charge in [0.05, 0.1) is 29.6 Å². The van der Waals surface area contributed by atoms with Gasteiger partial charge in [-0.2, -0.15) is 0 Å². The van der Waals surface area contributed by atoms with E-state index in [4.69, 9.17) is 21.1 Å². The van der Waals surface area contributed by atoms with Gasteiger partial charge in [0.25, 0.3) is 5.91 Å². The number of benzene rings is 1. The molecule has 0 saturated carbocycles. The molecule has 40 heavy (non-hydrogen) atoms. The Morgan fingerprint density at radius 2 is 1.68 bits per heavy atom. The van der Waals surface area contributed by atoms with Gasteiger partial charge in [-0.15, -0.1) is 0 Å². The van der Waals surface area contributed by atoms with E-state index in [0.29, 0.717) is 33.5 Å². The van der Waals surface area contributed by atoms with E-state index >= 15 is 0 Å². The number of aromatic amines is 1. The number of esters is 2. The van der Waals surface area contributed by atoms with Gasteiger partial charge in [-0.3, -0.25) is 14.4 Å². The summed E-state index contributed by atoms with van der Waals surface area (Å²) in [6.45, 7) is 10.9. The second kappa shape index (κ2) is 13.9.